The minimum atomic E-state index is -3.62. The van der Waals surface area contributed by atoms with Crippen molar-refractivity contribution in [1.82, 2.24) is 20.3 Å². The summed E-state index contributed by atoms with van der Waals surface area (Å²) in [5.74, 6) is 0.403. The number of aliphatic hydroxyl groups excluding tert-OH is 1. The van der Waals surface area contributed by atoms with E-state index in [2.05, 4.69) is 20.3 Å². The van der Waals surface area contributed by atoms with Crippen LogP contribution >= 0.6 is 11.8 Å². The lowest BCUT2D eigenvalue weighted by molar-refractivity contribution is -0.124. The molecule has 1 aliphatic rings. The van der Waals surface area contributed by atoms with Crippen LogP contribution < -0.4 is 15.4 Å². The molecular formula is C29H42N4O5S2. The minimum Gasteiger partial charge on any atom is -0.391 e. The predicted molar refractivity (Wildman–Crippen MR) is 158 cm³/mol. The van der Waals surface area contributed by atoms with E-state index < -0.39 is 28.1 Å². The van der Waals surface area contributed by atoms with Crippen LogP contribution in [0.25, 0.3) is 0 Å². The maximum absolute atomic E-state index is 12.9. The van der Waals surface area contributed by atoms with Gasteiger partial charge in [-0.05, 0) is 42.9 Å². The van der Waals surface area contributed by atoms with Gasteiger partial charge in [-0.25, -0.2) is 18.1 Å². The number of carbonyl (C=O) groups is 2. The summed E-state index contributed by atoms with van der Waals surface area (Å²) >= 11 is 1.58. The molecule has 0 radical (unpaired) electrons. The molecule has 1 fully saturated rings. The van der Waals surface area contributed by atoms with E-state index >= 15 is 0 Å². The Balaban J connectivity index is 1.51. The zero-order valence-corrected chi connectivity index (χ0v) is 24.8. The molecule has 0 saturated heterocycles. The number of pyridine rings is 1. The van der Waals surface area contributed by atoms with Crippen molar-refractivity contribution < 1.29 is 23.1 Å². The molecule has 3 atom stereocenters. The monoisotopic (exact) mass is 590 g/mol. The third-order valence-electron chi connectivity index (χ3n) is 7.03. The van der Waals surface area contributed by atoms with Crippen LogP contribution in [0.4, 0.5) is 0 Å². The molecule has 2 aromatic rings. The number of nitrogens with one attached hydrogen (secondary N) is 3. The molecular weight excluding hydrogens is 548 g/mol. The largest absolute Gasteiger partial charge is 0.391 e. The van der Waals surface area contributed by atoms with Crippen molar-refractivity contribution in [3.63, 3.8) is 0 Å². The third-order valence-corrected chi connectivity index (χ3v) is 8.72. The summed E-state index contributed by atoms with van der Waals surface area (Å²) in [7, 11) is -3.62. The molecule has 1 aromatic carbocycles. The number of amides is 2. The van der Waals surface area contributed by atoms with Crippen molar-refractivity contribution >= 4 is 33.6 Å². The Morgan fingerprint density at radius 1 is 1.07 bits per heavy atom. The average molecular weight is 591 g/mol. The van der Waals surface area contributed by atoms with E-state index in [9.17, 15) is 23.1 Å². The lowest BCUT2D eigenvalue weighted by atomic mass is 9.83. The van der Waals surface area contributed by atoms with E-state index in [-0.39, 0.29) is 31.3 Å². The van der Waals surface area contributed by atoms with Crippen molar-refractivity contribution in [1.29, 1.82) is 0 Å². The highest BCUT2D eigenvalue weighted by Gasteiger charge is 2.27. The Kier molecular flexibility index (Phi) is 13.4. The predicted octanol–water partition coefficient (Wildman–Crippen LogP) is 3.05. The van der Waals surface area contributed by atoms with E-state index in [0.717, 1.165) is 36.1 Å². The maximum atomic E-state index is 12.9. The fourth-order valence-electron chi connectivity index (χ4n) is 5.01. The fraction of sp³-hybridized carbons (Fsp3) is 0.552. The van der Waals surface area contributed by atoms with Crippen LogP contribution in [0.15, 0.2) is 59.8 Å². The van der Waals surface area contributed by atoms with Gasteiger partial charge < -0.3 is 15.7 Å². The van der Waals surface area contributed by atoms with Crippen LogP contribution in [0, 0.1) is 5.92 Å². The molecule has 2 amide bonds. The van der Waals surface area contributed by atoms with E-state index in [0.29, 0.717) is 18.1 Å². The Hall–Kier alpha value is -2.47. The van der Waals surface area contributed by atoms with E-state index in [4.69, 9.17) is 0 Å². The van der Waals surface area contributed by atoms with Crippen LogP contribution in [0.5, 0.6) is 0 Å². The first kappa shape index (κ1) is 32.0. The summed E-state index contributed by atoms with van der Waals surface area (Å²) in [6.07, 6.45) is 9.33. The van der Waals surface area contributed by atoms with Crippen molar-refractivity contribution in [3.8, 4) is 0 Å². The first-order valence-electron chi connectivity index (χ1n) is 14.0. The van der Waals surface area contributed by atoms with Gasteiger partial charge >= 0.3 is 0 Å². The van der Waals surface area contributed by atoms with Gasteiger partial charge in [0.15, 0.2) is 0 Å². The standard InChI is InChI=1S/C29H42N4O5S2/c1-40(37,38)33-25(21-23-12-6-3-7-13-23)29(36)31-18-15-27(35)32-24(20-22-10-4-2-5-11-22)26(34)16-19-39-28-14-8-9-17-30-28/h3,6-9,12-14,17,22,24-26,33-34H,2,4-5,10-11,15-16,18-21H2,1H3,(H,31,36)(H,32,35)/t24-,25-,26-/m0/s1. The first-order valence-corrected chi connectivity index (χ1v) is 16.9. The normalized spacial score (nSPS) is 16.6. The summed E-state index contributed by atoms with van der Waals surface area (Å²) in [6, 6.07) is 13.5. The number of sulfonamides is 1. The second-order valence-corrected chi connectivity index (χ2v) is 13.4. The molecule has 40 heavy (non-hydrogen) atoms. The number of aliphatic hydroxyl groups is 1. The number of nitrogens with zero attached hydrogens (tertiary/aromatic N) is 1. The Bertz CT molecular complexity index is 1150. The number of aromatic nitrogens is 1. The zero-order chi connectivity index (χ0) is 28.8. The smallest absolute Gasteiger partial charge is 0.238 e. The molecule has 0 aliphatic heterocycles. The molecule has 1 heterocycles. The van der Waals surface area contributed by atoms with Gasteiger partial charge in [0.1, 0.15) is 6.04 Å². The lowest BCUT2D eigenvalue weighted by Crippen LogP contribution is -2.49. The number of carbonyl (C=O) groups excluding carboxylic acids is 2. The highest BCUT2D eigenvalue weighted by atomic mass is 32.2. The SMILES string of the molecule is CS(=O)(=O)N[C@@H](Cc1ccccc1)C(=O)NCCC(=O)N[C@@H](CC1CCCCC1)[C@@H](O)CCSc1ccccn1. The van der Waals surface area contributed by atoms with Gasteiger partial charge in [-0.1, -0.05) is 68.5 Å². The summed E-state index contributed by atoms with van der Waals surface area (Å²) < 4.78 is 26.1. The number of rotatable bonds is 16. The van der Waals surface area contributed by atoms with Crippen molar-refractivity contribution in [2.24, 2.45) is 5.92 Å². The molecule has 1 aliphatic carbocycles. The summed E-state index contributed by atoms with van der Waals surface area (Å²) in [5, 5.41) is 17.6. The van der Waals surface area contributed by atoms with Gasteiger partial charge in [0.05, 0.1) is 23.4 Å². The summed E-state index contributed by atoms with van der Waals surface area (Å²) in [4.78, 5) is 30.0. The first-order chi connectivity index (χ1) is 19.2. The topological polar surface area (TPSA) is 137 Å². The molecule has 11 heteroatoms. The van der Waals surface area contributed by atoms with Crippen LogP contribution in [0.1, 0.15) is 56.9 Å². The quantitative estimate of drug-likeness (QED) is 0.221. The number of thioether (sulfide) groups is 1. The summed E-state index contributed by atoms with van der Waals surface area (Å²) in [6.45, 7) is 0.0587. The van der Waals surface area contributed by atoms with Gasteiger partial charge in [-0.2, -0.15) is 0 Å². The van der Waals surface area contributed by atoms with Crippen LogP contribution in [0.3, 0.4) is 0 Å². The van der Waals surface area contributed by atoms with Gasteiger partial charge in [0.25, 0.3) is 0 Å². The van der Waals surface area contributed by atoms with Gasteiger partial charge in [-0.3, -0.25) is 9.59 Å². The number of hydrogen-bond donors (Lipinski definition) is 4. The Labute approximate surface area is 242 Å². The molecule has 0 bridgehead atoms. The summed E-state index contributed by atoms with van der Waals surface area (Å²) in [5.41, 5.74) is 0.817. The molecule has 1 saturated carbocycles. The maximum Gasteiger partial charge on any atom is 0.238 e. The highest BCUT2D eigenvalue weighted by molar-refractivity contribution is 7.99. The Morgan fingerprint density at radius 2 is 1.80 bits per heavy atom. The van der Waals surface area contributed by atoms with Crippen LogP contribution in [-0.4, -0.2) is 67.1 Å². The van der Waals surface area contributed by atoms with Gasteiger partial charge in [-0.15, -0.1) is 11.8 Å². The van der Waals surface area contributed by atoms with E-state index in [1.54, 1.807) is 18.0 Å². The second kappa shape index (κ2) is 16.7. The van der Waals surface area contributed by atoms with Crippen LogP contribution in [-0.2, 0) is 26.0 Å². The molecule has 4 N–H and O–H groups in total. The molecule has 1 aromatic heterocycles. The number of hydrogen-bond acceptors (Lipinski definition) is 7. The van der Waals surface area contributed by atoms with Crippen LogP contribution in [0.2, 0.25) is 0 Å². The highest BCUT2D eigenvalue weighted by Crippen LogP contribution is 2.29. The second-order valence-electron chi connectivity index (χ2n) is 10.5. The Morgan fingerprint density at radius 3 is 2.48 bits per heavy atom. The molecule has 9 nitrogen and oxygen atoms in total. The van der Waals surface area contributed by atoms with Crippen molar-refractivity contribution in [2.45, 2.75) is 81.0 Å². The van der Waals surface area contributed by atoms with Gasteiger partial charge in [0.2, 0.25) is 21.8 Å². The lowest BCUT2D eigenvalue weighted by Gasteiger charge is -2.30. The molecule has 0 unspecified atom stereocenters. The molecule has 0 spiro atoms. The van der Waals surface area contributed by atoms with Crippen molar-refractivity contribution in [3.05, 3.63) is 60.3 Å². The number of benzene rings is 1. The van der Waals surface area contributed by atoms with Crippen molar-refractivity contribution in [2.75, 3.05) is 18.6 Å². The fourth-order valence-corrected chi connectivity index (χ4v) is 6.60. The van der Waals surface area contributed by atoms with Gasteiger partial charge in [0, 0.05) is 24.9 Å². The van der Waals surface area contributed by atoms with E-state index in [1.165, 1.54) is 19.3 Å². The molecule has 220 valence electrons. The zero-order valence-electron chi connectivity index (χ0n) is 23.1. The minimum absolute atomic E-state index is 0.0270. The third kappa shape index (κ3) is 12.4. The van der Waals surface area contributed by atoms with E-state index in [1.807, 2.05) is 48.5 Å². The average Bonchev–Trinajstić information content (AvgIpc) is 2.93. The molecule has 3 rings (SSSR count).